The van der Waals surface area contributed by atoms with Gasteiger partial charge in [-0.1, -0.05) is 6.08 Å². The van der Waals surface area contributed by atoms with E-state index in [2.05, 4.69) is 9.72 Å². The number of nitrogen functional groups attached to an aromatic ring is 1. The van der Waals surface area contributed by atoms with Crippen LogP contribution in [0.25, 0.3) is 5.57 Å². The molecule has 0 unspecified atom stereocenters. The van der Waals surface area contributed by atoms with E-state index >= 15 is 0 Å². The van der Waals surface area contributed by atoms with E-state index in [9.17, 15) is 9.59 Å². The van der Waals surface area contributed by atoms with Crippen molar-refractivity contribution in [3.8, 4) is 0 Å². The summed E-state index contributed by atoms with van der Waals surface area (Å²) in [6.07, 6.45) is 2.17. The number of anilines is 1. The van der Waals surface area contributed by atoms with Crippen molar-refractivity contribution in [1.82, 2.24) is 9.88 Å². The molecule has 130 valence electrons. The summed E-state index contributed by atoms with van der Waals surface area (Å²) in [4.78, 5) is 29.6. The average molecular weight is 333 g/mol. The second kappa shape index (κ2) is 6.90. The van der Waals surface area contributed by atoms with Gasteiger partial charge < -0.3 is 20.1 Å². The Morgan fingerprint density at radius 3 is 2.54 bits per heavy atom. The van der Waals surface area contributed by atoms with Gasteiger partial charge in [-0.2, -0.15) is 0 Å². The lowest BCUT2D eigenvalue weighted by Gasteiger charge is -2.29. The smallest absolute Gasteiger partial charge is 0.410 e. The number of rotatable bonds is 2. The van der Waals surface area contributed by atoms with E-state index in [1.807, 2.05) is 26.8 Å². The van der Waals surface area contributed by atoms with Gasteiger partial charge in [0.2, 0.25) is 0 Å². The SMILES string of the molecule is COC(=O)c1cc(N)cc(C2=CCN(C(=O)OC(C)(C)C)CC2)n1. The molecule has 0 fully saturated rings. The van der Waals surface area contributed by atoms with E-state index in [1.54, 1.807) is 11.0 Å². The number of hydrogen-bond donors (Lipinski definition) is 1. The molecule has 0 saturated heterocycles. The van der Waals surface area contributed by atoms with Crippen molar-refractivity contribution in [3.05, 3.63) is 29.6 Å². The number of carbonyl (C=O) groups is 2. The maximum atomic E-state index is 12.1. The number of ether oxygens (including phenoxy) is 2. The topological polar surface area (TPSA) is 94.8 Å². The molecule has 7 heteroatoms. The summed E-state index contributed by atoms with van der Waals surface area (Å²) in [5, 5.41) is 0. The Hall–Kier alpha value is -2.57. The van der Waals surface area contributed by atoms with Gasteiger partial charge in [-0.25, -0.2) is 14.6 Å². The first-order valence-electron chi connectivity index (χ1n) is 7.73. The molecule has 0 aliphatic carbocycles. The van der Waals surface area contributed by atoms with Crippen LogP contribution in [0.4, 0.5) is 10.5 Å². The fraction of sp³-hybridized carbons (Fsp3) is 0.471. The van der Waals surface area contributed by atoms with Crippen molar-refractivity contribution < 1.29 is 19.1 Å². The highest BCUT2D eigenvalue weighted by molar-refractivity contribution is 5.89. The standard InChI is InChI=1S/C17H23N3O4/c1-17(2,3)24-16(22)20-7-5-11(6-8-20)13-9-12(18)10-14(19-13)15(21)23-4/h5,9-10H,6-8H2,1-4H3,(H2,18,19). The van der Waals surface area contributed by atoms with Crippen molar-refractivity contribution in [2.75, 3.05) is 25.9 Å². The number of carbonyl (C=O) groups excluding carboxylic acids is 2. The molecule has 2 rings (SSSR count). The third-order valence-corrected chi connectivity index (χ3v) is 3.43. The zero-order valence-electron chi connectivity index (χ0n) is 14.5. The van der Waals surface area contributed by atoms with Gasteiger partial charge in [0.25, 0.3) is 0 Å². The van der Waals surface area contributed by atoms with Crippen LogP contribution in [0.2, 0.25) is 0 Å². The third kappa shape index (κ3) is 4.47. The maximum absolute atomic E-state index is 12.1. The number of aromatic nitrogens is 1. The molecule has 0 saturated carbocycles. The number of nitrogens with two attached hydrogens (primary N) is 1. The molecule has 1 aromatic heterocycles. The molecular weight excluding hydrogens is 310 g/mol. The number of amides is 1. The van der Waals surface area contributed by atoms with Crippen molar-refractivity contribution in [2.45, 2.75) is 32.8 Å². The Labute approximate surface area is 141 Å². The van der Waals surface area contributed by atoms with Crippen molar-refractivity contribution in [2.24, 2.45) is 0 Å². The van der Waals surface area contributed by atoms with Crippen LogP contribution in [0.15, 0.2) is 18.2 Å². The molecule has 2 N–H and O–H groups in total. The zero-order chi connectivity index (χ0) is 17.9. The van der Waals surface area contributed by atoms with E-state index in [0.717, 1.165) is 5.57 Å². The van der Waals surface area contributed by atoms with Gasteiger partial charge >= 0.3 is 12.1 Å². The summed E-state index contributed by atoms with van der Waals surface area (Å²) in [6, 6.07) is 3.19. The summed E-state index contributed by atoms with van der Waals surface area (Å²) in [7, 11) is 1.30. The lowest BCUT2D eigenvalue weighted by molar-refractivity contribution is 0.0270. The quantitative estimate of drug-likeness (QED) is 0.836. The van der Waals surface area contributed by atoms with Crippen LogP contribution in [-0.4, -0.2) is 47.7 Å². The molecule has 1 amide bonds. The van der Waals surface area contributed by atoms with Gasteiger partial charge in [-0.05, 0) is 44.9 Å². The van der Waals surface area contributed by atoms with Crippen LogP contribution >= 0.6 is 0 Å². The predicted molar refractivity (Wildman–Crippen MR) is 90.4 cm³/mol. The van der Waals surface area contributed by atoms with E-state index in [1.165, 1.54) is 13.2 Å². The van der Waals surface area contributed by atoms with Gasteiger partial charge in [0.1, 0.15) is 5.60 Å². The summed E-state index contributed by atoms with van der Waals surface area (Å²) in [5.41, 5.74) is 7.49. The molecule has 0 spiro atoms. The highest BCUT2D eigenvalue weighted by atomic mass is 16.6. The number of methoxy groups -OCH3 is 1. The fourth-order valence-electron chi connectivity index (χ4n) is 2.32. The molecule has 0 aromatic carbocycles. The summed E-state index contributed by atoms with van der Waals surface area (Å²) in [5.74, 6) is -0.532. The number of hydrogen-bond acceptors (Lipinski definition) is 6. The zero-order valence-corrected chi connectivity index (χ0v) is 14.5. The Kier molecular flexibility index (Phi) is 5.11. The maximum Gasteiger partial charge on any atom is 0.410 e. The Morgan fingerprint density at radius 2 is 2.00 bits per heavy atom. The molecule has 1 aliphatic rings. The highest BCUT2D eigenvalue weighted by Gasteiger charge is 2.24. The second-order valence-corrected chi connectivity index (χ2v) is 6.57. The lowest BCUT2D eigenvalue weighted by atomic mass is 10.0. The van der Waals surface area contributed by atoms with Crippen molar-refractivity contribution >= 4 is 23.3 Å². The van der Waals surface area contributed by atoms with Gasteiger partial charge in [-0.3, -0.25) is 0 Å². The normalized spacial score (nSPS) is 14.8. The number of pyridine rings is 1. The molecule has 0 radical (unpaired) electrons. The Balaban J connectivity index is 2.14. The first-order chi connectivity index (χ1) is 11.2. The molecule has 1 aromatic rings. The van der Waals surface area contributed by atoms with Gasteiger partial charge in [0.15, 0.2) is 5.69 Å². The minimum absolute atomic E-state index is 0.169. The summed E-state index contributed by atoms with van der Waals surface area (Å²) in [6.45, 7) is 6.45. The molecular formula is C17H23N3O4. The van der Waals surface area contributed by atoms with Crippen LogP contribution in [0.1, 0.15) is 43.4 Å². The molecule has 24 heavy (non-hydrogen) atoms. The van der Waals surface area contributed by atoms with E-state index in [4.69, 9.17) is 10.5 Å². The average Bonchev–Trinajstić information content (AvgIpc) is 2.52. The largest absolute Gasteiger partial charge is 0.464 e. The Morgan fingerprint density at radius 1 is 1.29 bits per heavy atom. The highest BCUT2D eigenvalue weighted by Crippen LogP contribution is 2.24. The van der Waals surface area contributed by atoms with Gasteiger partial charge in [0, 0.05) is 18.8 Å². The van der Waals surface area contributed by atoms with E-state index < -0.39 is 11.6 Å². The second-order valence-electron chi connectivity index (χ2n) is 6.57. The van der Waals surface area contributed by atoms with Crippen LogP contribution in [0.3, 0.4) is 0 Å². The van der Waals surface area contributed by atoms with E-state index in [0.29, 0.717) is 30.9 Å². The van der Waals surface area contributed by atoms with Gasteiger partial charge in [0.05, 0.1) is 12.8 Å². The minimum Gasteiger partial charge on any atom is -0.464 e. The first kappa shape index (κ1) is 17.8. The van der Waals surface area contributed by atoms with Crippen LogP contribution in [0, 0.1) is 0 Å². The van der Waals surface area contributed by atoms with Gasteiger partial charge in [-0.15, -0.1) is 0 Å². The van der Waals surface area contributed by atoms with Crippen LogP contribution in [0.5, 0.6) is 0 Å². The number of esters is 1. The molecule has 0 bridgehead atoms. The number of nitrogens with zero attached hydrogens (tertiary/aromatic N) is 2. The fourth-order valence-corrected chi connectivity index (χ4v) is 2.32. The minimum atomic E-state index is -0.532. The van der Waals surface area contributed by atoms with Crippen molar-refractivity contribution in [1.29, 1.82) is 0 Å². The predicted octanol–water partition coefficient (Wildman–Crippen LogP) is 2.47. The first-order valence-corrected chi connectivity index (χ1v) is 7.73. The third-order valence-electron chi connectivity index (χ3n) is 3.43. The molecule has 0 atom stereocenters. The van der Waals surface area contributed by atoms with Crippen LogP contribution in [-0.2, 0) is 9.47 Å². The molecule has 7 nitrogen and oxygen atoms in total. The van der Waals surface area contributed by atoms with Crippen LogP contribution < -0.4 is 5.73 Å². The summed E-state index contributed by atoms with van der Waals surface area (Å²) >= 11 is 0. The monoisotopic (exact) mass is 333 g/mol. The lowest BCUT2D eigenvalue weighted by Crippen LogP contribution is -2.39. The van der Waals surface area contributed by atoms with Crippen molar-refractivity contribution in [3.63, 3.8) is 0 Å². The summed E-state index contributed by atoms with van der Waals surface area (Å²) < 4.78 is 10.0. The Bertz CT molecular complexity index is 677. The molecule has 1 aliphatic heterocycles. The van der Waals surface area contributed by atoms with E-state index in [-0.39, 0.29) is 11.8 Å². The molecule has 2 heterocycles.